The molecule has 36 heavy (non-hydrogen) atoms. The van der Waals surface area contributed by atoms with Crippen LogP contribution in [0, 0.1) is 13.8 Å². The molecule has 2 aromatic heterocycles. The number of rotatable bonds is 8. The number of thiocarbonyl (C=S) groups is 1. The van der Waals surface area contributed by atoms with Crippen LogP contribution in [-0.4, -0.2) is 59.5 Å². The predicted molar refractivity (Wildman–Crippen MR) is 147 cm³/mol. The zero-order valence-corrected chi connectivity index (χ0v) is 22.1. The molecule has 7 nitrogen and oxygen atoms in total. The molecule has 5 rings (SSSR count). The molecular weight excluding hydrogens is 470 g/mol. The number of methoxy groups -OCH3 is 1. The fraction of sp³-hybridized carbons (Fsp3) is 0.429. The van der Waals surface area contributed by atoms with Gasteiger partial charge in [0.15, 0.2) is 5.11 Å². The summed E-state index contributed by atoms with van der Waals surface area (Å²) in [5.41, 5.74) is 5.85. The standard InChI is InChI=1S/C28H35N5O2S/c1-20-19-24(21(2)32(20)14-6-13-31-15-17-35-18-16-31)27-26(25-7-4-5-12-29-25)30-28(36)33(27)22-8-10-23(34-3)11-9-22/h4-5,7-12,19,26-27H,6,13-18H2,1-3H3,(H,30,36)/t26-,27+/m0/s1. The second kappa shape index (κ2) is 11.0. The third kappa shape index (κ3) is 4.98. The van der Waals surface area contributed by atoms with E-state index in [1.54, 1.807) is 7.11 Å². The predicted octanol–water partition coefficient (Wildman–Crippen LogP) is 4.41. The van der Waals surface area contributed by atoms with Crippen molar-refractivity contribution >= 4 is 23.0 Å². The minimum atomic E-state index is -0.0527. The van der Waals surface area contributed by atoms with E-state index in [1.807, 2.05) is 30.5 Å². The molecule has 0 radical (unpaired) electrons. The van der Waals surface area contributed by atoms with Crippen molar-refractivity contribution in [1.82, 2.24) is 19.8 Å². The highest BCUT2D eigenvalue weighted by atomic mass is 32.1. The molecule has 1 aromatic carbocycles. The van der Waals surface area contributed by atoms with Crippen LogP contribution in [0.2, 0.25) is 0 Å². The van der Waals surface area contributed by atoms with E-state index < -0.39 is 0 Å². The van der Waals surface area contributed by atoms with Gasteiger partial charge in [-0.3, -0.25) is 9.88 Å². The van der Waals surface area contributed by atoms with Crippen molar-refractivity contribution in [2.75, 3.05) is 44.9 Å². The molecule has 4 heterocycles. The van der Waals surface area contributed by atoms with E-state index in [2.05, 4.69) is 57.8 Å². The number of anilines is 1. The van der Waals surface area contributed by atoms with E-state index in [0.29, 0.717) is 5.11 Å². The quantitative estimate of drug-likeness (QED) is 0.455. The van der Waals surface area contributed by atoms with E-state index in [-0.39, 0.29) is 12.1 Å². The third-order valence-corrected chi connectivity index (χ3v) is 7.65. The lowest BCUT2D eigenvalue weighted by atomic mass is 9.96. The van der Waals surface area contributed by atoms with Crippen molar-refractivity contribution in [2.24, 2.45) is 0 Å². The van der Waals surface area contributed by atoms with E-state index >= 15 is 0 Å². The first-order chi connectivity index (χ1) is 17.6. The van der Waals surface area contributed by atoms with Crippen LogP contribution in [-0.2, 0) is 11.3 Å². The Hall–Kier alpha value is -2.94. The first-order valence-corrected chi connectivity index (χ1v) is 13.1. The second-order valence-electron chi connectivity index (χ2n) is 9.48. The van der Waals surface area contributed by atoms with E-state index in [0.717, 1.165) is 62.9 Å². The van der Waals surface area contributed by atoms with Crippen LogP contribution >= 0.6 is 12.2 Å². The van der Waals surface area contributed by atoms with Crippen molar-refractivity contribution in [3.63, 3.8) is 0 Å². The van der Waals surface area contributed by atoms with Crippen LogP contribution in [0.15, 0.2) is 54.7 Å². The van der Waals surface area contributed by atoms with Crippen LogP contribution in [0.4, 0.5) is 5.69 Å². The van der Waals surface area contributed by atoms with Gasteiger partial charge in [-0.2, -0.15) is 0 Å². The molecule has 0 unspecified atom stereocenters. The Morgan fingerprint density at radius 3 is 2.56 bits per heavy atom. The maximum atomic E-state index is 5.90. The Balaban J connectivity index is 1.46. The first-order valence-electron chi connectivity index (χ1n) is 12.7. The SMILES string of the molecule is COc1ccc(N2C(=S)N[C@@H](c3ccccn3)[C@H]2c2cc(C)n(CCCN3CCOCC3)c2C)cc1. The average Bonchev–Trinajstić information content (AvgIpc) is 3.40. The summed E-state index contributed by atoms with van der Waals surface area (Å²) in [7, 11) is 1.69. The van der Waals surface area contributed by atoms with Gasteiger partial charge in [0.05, 0.1) is 38.1 Å². The Kier molecular flexibility index (Phi) is 7.55. The van der Waals surface area contributed by atoms with E-state index in [4.69, 9.17) is 26.7 Å². The number of morpholine rings is 1. The lowest BCUT2D eigenvalue weighted by Gasteiger charge is -2.28. The molecular formula is C28H35N5O2S. The Labute approximate surface area is 219 Å². The minimum Gasteiger partial charge on any atom is -0.497 e. The molecule has 2 fully saturated rings. The molecule has 8 heteroatoms. The van der Waals surface area contributed by atoms with Crippen LogP contribution in [0.25, 0.3) is 0 Å². The fourth-order valence-corrected chi connectivity index (χ4v) is 5.79. The highest BCUT2D eigenvalue weighted by Gasteiger charge is 2.42. The van der Waals surface area contributed by atoms with Crippen molar-refractivity contribution in [2.45, 2.75) is 38.9 Å². The summed E-state index contributed by atoms with van der Waals surface area (Å²) in [4.78, 5) is 9.43. The smallest absolute Gasteiger partial charge is 0.174 e. The number of ether oxygens (including phenoxy) is 2. The largest absolute Gasteiger partial charge is 0.497 e. The van der Waals surface area contributed by atoms with Gasteiger partial charge in [0, 0.05) is 49.5 Å². The molecule has 190 valence electrons. The molecule has 0 bridgehead atoms. The van der Waals surface area contributed by atoms with Gasteiger partial charge in [0.2, 0.25) is 0 Å². The Morgan fingerprint density at radius 2 is 1.86 bits per heavy atom. The van der Waals surface area contributed by atoms with Gasteiger partial charge in [-0.1, -0.05) is 6.07 Å². The number of pyridine rings is 1. The van der Waals surface area contributed by atoms with Gasteiger partial charge >= 0.3 is 0 Å². The zero-order valence-electron chi connectivity index (χ0n) is 21.3. The average molecular weight is 506 g/mol. The molecule has 2 saturated heterocycles. The van der Waals surface area contributed by atoms with E-state index in [1.165, 1.54) is 17.0 Å². The molecule has 0 aliphatic carbocycles. The minimum absolute atomic E-state index is 0.0139. The highest BCUT2D eigenvalue weighted by molar-refractivity contribution is 7.80. The molecule has 0 saturated carbocycles. The van der Waals surface area contributed by atoms with Gasteiger partial charge < -0.3 is 24.3 Å². The molecule has 3 aromatic rings. The van der Waals surface area contributed by atoms with Crippen molar-refractivity contribution in [3.8, 4) is 5.75 Å². The van der Waals surface area contributed by atoms with Crippen LogP contribution in [0.5, 0.6) is 5.75 Å². The normalized spacial score (nSPS) is 20.5. The highest BCUT2D eigenvalue weighted by Crippen LogP contribution is 2.43. The summed E-state index contributed by atoms with van der Waals surface area (Å²) >= 11 is 5.90. The summed E-state index contributed by atoms with van der Waals surface area (Å²) in [5.74, 6) is 0.827. The Bertz CT molecular complexity index is 1170. The molecule has 1 N–H and O–H groups in total. The number of hydrogen-bond donors (Lipinski definition) is 1. The zero-order chi connectivity index (χ0) is 25.1. The number of aromatic nitrogens is 2. The van der Waals surface area contributed by atoms with Crippen molar-refractivity contribution < 1.29 is 9.47 Å². The maximum absolute atomic E-state index is 5.90. The molecule has 0 amide bonds. The van der Waals surface area contributed by atoms with Gasteiger partial charge in [0.1, 0.15) is 5.75 Å². The lowest BCUT2D eigenvalue weighted by molar-refractivity contribution is 0.0369. The number of aryl methyl sites for hydroxylation is 1. The van der Waals surface area contributed by atoms with Gasteiger partial charge in [-0.15, -0.1) is 0 Å². The van der Waals surface area contributed by atoms with Crippen molar-refractivity contribution in [3.05, 3.63) is 77.4 Å². The van der Waals surface area contributed by atoms with Crippen molar-refractivity contribution in [1.29, 1.82) is 0 Å². The topological polar surface area (TPSA) is 54.8 Å². The summed E-state index contributed by atoms with van der Waals surface area (Å²) in [6.07, 6.45) is 2.96. The number of nitrogens with zero attached hydrogens (tertiary/aromatic N) is 4. The second-order valence-corrected chi connectivity index (χ2v) is 9.87. The Morgan fingerprint density at radius 1 is 1.08 bits per heavy atom. The molecule has 2 aliphatic heterocycles. The van der Waals surface area contributed by atoms with Gasteiger partial charge in [0.25, 0.3) is 0 Å². The molecule has 2 atom stereocenters. The lowest BCUT2D eigenvalue weighted by Crippen LogP contribution is -2.37. The number of hydrogen-bond acceptors (Lipinski definition) is 5. The van der Waals surface area contributed by atoms with Gasteiger partial charge in [-0.05, 0) is 80.5 Å². The van der Waals surface area contributed by atoms with Crippen LogP contribution in [0.1, 0.15) is 41.1 Å². The molecule has 2 aliphatic rings. The summed E-state index contributed by atoms with van der Waals surface area (Å²) in [5, 5.41) is 4.28. The van der Waals surface area contributed by atoms with Crippen LogP contribution < -0.4 is 15.0 Å². The fourth-order valence-electron chi connectivity index (χ4n) is 5.44. The first kappa shape index (κ1) is 24.7. The monoisotopic (exact) mass is 505 g/mol. The maximum Gasteiger partial charge on any atom is 0.174 e. The molecule has 0 spiro atoms. The van der Waals surface area contributed by atoms with E-state index in [9.17, 15) is 0 Å². The number of benzene rings is 1. The summed E-state index contributed by atoms with van der Waals surface area (Å²) in [6, 6.07) is 16.4. The number of nitrogens with one attached hydrogen (secondary N) is 1. The summed E-state index contributed by atoms with van der Waals surface area (Å²) in [6.45, 7) is 10.3. The third-order valence-electron chi connectivity index (χ3n) is 7.34. The summed E-state index contributed by atoms with van der Waals surface area (Å²) < 4.78 is 13.3. The van der Waals surface area contributed by atoms with Crippen LogP contribution in [0.3, 0.4) is 0 Å². The van der Waals surface area contributed by atoms with Gasteiger partial charge in [-0.25, -0.2) is 0 Å².